The maximum Gasteiger partial charge on any atom is 0.126 e. The molecule has 0 spiro atoms. The van der Waals surface area contributed by atoms with Gasteiger partial charge in [0.2, 0.25) is 0 Å². The maximum absolute atomic E-state index is 5.71. The molecule has 21 heavy (non-hydrogen) atoms. The number of nitrogens with one attached hydrogen (secondary N) is 1. The van der Waals surface area contributed by atoms with Gasteiger partial charge in [-0.05, 0) is 12.6 Å². The molecule has 0 saturated heterocycles. The van der Waals surface area contributed by atoms with E-state index in [2.05, 4.69) is 17.2 Å². The molecule has 1 N–H and O–H groups in total. The highest BCUT2D eigenvalue weighted by molar-refractivity contribution is 5.29. The Balaban J connectivity index is 2.09. The van der Waals surface area contributed by atoms with E-state index < -0.39 is 0 Å². The zero-order chi connectivity index (χ0) is 15.2. The Morgan fingerprint density at radius 1 is 1.05 bits per heavy atom. The van der Waals surface area contributed by atoms with Gasteiger partial charge in [0.1, 0.15) is 12.4 Å². The van der Waals surface area contributed by atoms with Crippen molar-refractivity contribution in [1.29, 1.82) is 0 Å². The van der Waals surface area contributed by atoms with Gasteiger partial charge in [-0.1, -0.05) is 6.92 Å². The standard InChI is InChI=1S/C15H26N2O4/c1-3-16-12-14-13-17-5-4-15(14)21-11-10-20-9-8-19-7-6-18-2/h4-5,13,16H,3,6-12H2,1-2H3. The Hall–Kier alpha value is -1.21. The van der Waals surface area contributed by atoms with E-state index in [1.165, 1.54) is 0 Å². The summed E-state index contributed by atoms with van der Waals surface area (Å²) in [5.74, 6) is 0.853. The first-order valence-electron chi connectivity index (χ1n) is 7.29. The summed E-state index contributed by atoms with van der Waals surface area (Å²) in [4.78, 5) is 4.11. The summed E-state index contributed by atoms with van der Waals surface area (Å²) >= 11 is 0. The molecule has 0 aliphatic rings. The van der Waals surface area contributed by atoms with E-state index in [0.717, 1.165) is 24.4 Å². The number of nitrogens with zero attached hydrogens (tertiary/aromatic N) is 1. The summed E-state index contributed by atoms with van der Waals surface area (Å²) < 4.78 is 21.3. The van der Waals surface area contributed by atoms with Gasteiger partial charge in [0.25, 0.3) is 0 Å². The van der Waals surface area contributed by atoms with Crippen molar-refractivity contribution in [2.75, 3.05) is 53.3 Å². The minimum atomic E-state index is 0.515. The van der Waals surface area contributed by atoms with Crippen molar-refractivity contribution in [3.8, 4) is 5.75 Å². The van der Waals surface area contributed by atoms with Gasteiger partial charge in [0.15, 0.2) is 0 Å². The first kappa shape index (κ1) is 17.8. The van der Waals surface area contributed by atoms with Crippen LogP contribution >= 0.6 is 0 Å². The molecule has 120 valence electrons. The van der Waals surface area contributed by atoms with Crippen molar-refractivity contribution in [3.05, 3.63) is 24.0 Å². The van der Waals surface area contributed by atoms with Crippen LogP contribution in [0.1, 0.15) is 12.5 Å². The third kappa shape index (κ3) is 8.62. The van der Waals surface area contributed by atoms with Crippen LogP contribution < -0.4 is 10.1 Å². The number of rotatable bonds is 13. The van der Waals surface area contributed by atoms with Crippen LogP contribution in [0.15, 0.2) is 18.5 Å². The minimum absolute atomic E-state index is 0.515. The Labute approximate surface area is 126 Å². The molecule has 0 fully saturated rings. The largest absolute Gasteiger partial charge is 0.491 e. The van der Waals surface area contributed by atoms with Crippen molar-refractivity contribution in [2.45, 2.75) is 13.5 Å². The van der Waals surface area contributed by atoms with E-state index in [4.69, 9.17) is 18.9 Å². The van der Waals surface area contributed by atoms with E-state index >= 15 is 0 Å². The van der Waals surface area contributed by atoms with Gasteiger partial charge in [-0.15, -0.1) is 0 Å². The van der Waals surface area contributed by atoms with Crippen LogP contribution in [0.3, 0.4) is 0 Å². The maximum atomic E-state index is 5.71. The van der Waals surface area contributed by atoms with Gasteiger partial charge >= 0.3 is 0 Å². The molecule has 6 nitrogen and oxygen atoms in total. The SMILES string of the molecule is CCNCc1cnccc1OCCOCCOCCOC. The van der Waals surface area contributed by atoms with Crippen molar-refractivity contribution in [3.63, 3.8) is 0 Å². The molecule has 1 rings (SSSR count). The zero-order valence-electron chi connectivity index (χ0n) is 13.0. The lowest BCUT2D eigenvalue weighted by atomic mass is 10.2. The fourth-order valence-corrected chi connectivity index (χ4v) is 1.62. The molecule has 0 bridgehead atoms. The van der Waals surface area contributed by atoms with Crippen LogP contribution in [-0.4, -0.2) is 58.3 Å². The Morgan fingerprint density at radius 3 is 2.48 bits per heavy atom. The van der Waals surface area contributed by atoms with E-state index in [1.54, 1.807) is 13.3 Å². The van der Waals surface area contributed by atoms with Gasteiger partial charge in [0.05, 0.1) is 33.0 Å². The number of methoxy groups -OCH3 is 1. The van der Waals surface area contributed by atoms with Gasteiger partial charge in [0, 0.05) is 31.6 Å². The first-order valence-corrected chi connectivity index (χ1v) is 7.29. The highest BCUT2D eigenvalue weighted by atomic mass is 16.6. The lowest BCUT2D eigenvalue weighted by Gasteiger charge is -2.11. The lowest BCUT2D eigenvalue weighted by molar-refractivity contribution is 0.0179. The van der Waals surface area contributed by atoms with Crippen LogP contribution in [0, 0.1) is 0 Å². The third-order valence-corrected chi connectivity index (χ3v) is 2.71. The average molecular weight is 298 g/mol. The Morgan fingerprint density at radius 2 is 1.76 bits per heavy atom. The highest BCUT2D eigenvalue weighted by Gasteiger charge is 2.02. The van der Waals surface area contributed by atoms with E-state index in [9.17, 15) is 0 Å². The van der Waals surface area contributed by atoms with E-state index in [0.29, 0.717) is 39.6 Å². The molecule has 0 atom stereocenters. The number of hydrogen-bond donors (Lipinski definition) is 1. The smallest absolute Gasteiger partial charge is 0.126 e. The zero-order valence-corrected chi connectivity index (χ0v) is 13.0. The molecule has 0 aliphatic heterocycles. The predicted octanol–water partition coefficient (Wildman–Crippen LogP) is 1.25. The van der Waals surface area contributed by atoms with Gasteiger partial charge in [-0.2, -0.15) is 0 Å². The van der Waals surface area contributed by atoms with Crippen LogP contribution in [0.5, 0.6) is 5.75 Å². The van der Waals surface area contributed by atoms with Crippen molar-refractivity contribution in [2.24, 2.45) is 0 Å². The quantitative estimate of drug-likeness (QED) is 0.553. The normalized spacial score (nSPS) is 10.8. The Kier molecular flexibility index (Phi) is 10.6. The van der Waals surface area contributed by atoms with Crippen LogP contribution in [-0.2, 0) is 20.8 Å². The molecular formula is C15H26N2O4. The lowest BCUT2D eigenvalue weighted by Crippen LogP contribution is -2.15. The summed E-state index contributed by atoms with van der Waals surface area (Å²) in [5, 5.41) is 3.26. The second-order valence-electron chi connectivity index (χ2n) is 4.33. The molecule has 0 radical (unpaired) electrons. The van der Waals surface area contributed by atoms with E-state index in [-0.39, 0.29) is 0 Å². The fraction of sp³-hybridized carbons (Fsp3) is 0.667. The number of hydrogen-bond acceptors (Lipinski definition) is 6. The molecule has 1 aromatic heterocycles. The minimum Gasteiger partial charge on any atom is -0.491 e. The number of pyridine rings is 1. The van der Waals surface area contributed by atoms with Gasteiger partial charge in [-0.25, -0.2) is 0 Å². The van der Waals surface area contributed by atoms with Gasteiger partial charge in [-0.3, -0.25) is 4.98 Å². The fourth-order valence-electron chi connectivity index (χ4n) is 1.62. The molecule has 0 aliphatic carbocycles. The monoisotopic (exact) mass is 298 g/mol. The first-order chi connectivity index (χ1) is 10.4. The van der Waals surface area contributed by atoms with Crippen LogP contribution in [0.2, 0.25) is 0 Å². The second-order valence-corrected chi connectivity index (χ2v) is 4.33. The van der Waals surface area contributed by atoms with Crippen LogP contribution in [0.4, 0.5) is 0 Å². The highest BCUT2D eigenvalue weighted by Crippen LogP contribution is 2.15. The van der Waals surface area contributed by atoms with Crippen LogP contribution in [0.25, 0.3) is 0 Å². The Bertz CT molecular complexity index is 363. The predicted molar refractivity (Wildman–Crippen MR) is 80.6 cm³/mol. The summed E-state index contributed by atoms with van der Waals surface area (Å²) in [7, 11) is 1.65. The molecule has 6 heteroatoms. The molecule has 0 amide bonds. The second kappa shape index (κ2) is 12.5. The average Bonchev–Trinajstić information content (AvgIpc) is 2.52. The number of ether oxygens (including phenoxy) is 4. The molecule has 1 aromatic rings. The van der Waals surface area contributed by atoms with Crippen molar-refractivity contribution < 1.29 is 18.9 Å². The van der Waals surface area contributed by atoms with E-state index in [1.807, 2.05) is 12.3 Å². The van der Waals surface area contributed by atoms with Crippen molar-refractivity contribution in [1.82, 2.24) is 10.3 Å². The molecule has 0 aromatic carbocycles. The van der Waals surface area contributed by atoms with Gasteiger partial charge < -0.3 is 24.3 Å². The third-order valence-electron chi connectivity index (χ3n) is 2.71. The topological polar surface area (TPSA) is 61.8 Å². The summed E-state index contributed by atoms with van der Waals surface area (Å²) in [5.41, 5.74) is 1.06. The van der Waals surface area contributed by atoms with Crippen molar-refractivity contribution >= 4 is 0 Å². The molecule has 0 unspecified atom stereocenters. The summed E-state index contributed by atoms with van der Waals surface area (Å²) in [6.45, 7) is 7.14. The summed E-state index contributed by atoms with van der Waals surface area (Å²) in [6, 6.07) is 1.88. The molecular weight excluding hydrogens is 272 g/mol. The molecule has 0 saturated carbocycles. The number of aromatic nitrogens is 1. The summed E-state index contributed by atoms with van der Waals surface area (Å²) in [6.07, 6.45) is 3.55. The molecule has 1 heterocycles.